The molecule has 1 amide bonds. The Morgan fingerprint density at radius 2 is 2.00 bits per heavy atom. The second-order valence-electron chi connectivity index (χ2n) is 7.27. The van der Waals surface area contributed by atoms with E-state index in [-0.39, 0.29) is 17.4 Å². The first kappa shape index (κ1) is 20.6. The molecule has 0 saturated heterocycles. The average molecular weight is 428 g/mol. The first-order valence-electron chi connectivity index (χ1n) is 9.58. The lowest BCUT2D eigenvalue weighted by Gasteiger charge is -2.11. The maximum atomic E-state index is 14.5. The van der Waals surface area contributed by atoms with Gasteiger partial charge in [-0.05, 0) is 44.2 Å². The molecule has 0 radical (unpaired) electrons. The average Bonchev–Trinajstić information content (AvgIpc) is 3.34. The summed E-state index contributed by atoms with van der Waals surface area (Å²) < 4.78 is 43.2. The van der Waals surface area contributed by atoms with Crippen molar-refractivity contribution in [3.8, 4) is 11.5 Å². The predicted octanol–water partition coefficient (Wildman–Crippen LogP) is 4.53. The topological polar surface area (TPSA) is 77.6 Å². The Balaban J connectivity index is 1.63. The first-order valence-corrected chi connectivity index (χ1v) is 9.58. The van der Waals surface area contributed by atoms with Crippen LogP contribution in [0.3, 0.4) is 0 Å². The molecule has 0 spiro atoms. The van der Waals surface area contributed by atoms with Crippen molar-refractivity contribution < 1.29 is 18.0 Å². The van der Waals surface area contributed by atoms with Crippen molar-refractivity contribution >= 4 is 22.6 Å². The lowest BCUT2D eigenvalue weighted by Crippen LogP contribution is -2.15. The summed E-state index contributed by atoms with van der Waals surface area (Å²) >= 11 is 0. The summed E-state index contributed by atoms with van der Waals surface area (Å²) in [6, 6.07) is 9.03. The van der Waals surface area contributed by atoms with Gasteiger partial charge in [-0.3, -0.25) is 4.79 Å². The normalized spacial score (nSPS) is 11.6. The lowest BCUT2D eigenvalue weighted by molar-refractivity contribution is 0.102. The Hall–Kier alpha value is -3.69. The van der Waals surface area contributed by atoms with Crippen LogP contribution in [-0.2, 0) is 6.54 Å². The highest BCUT2D eigenvalue weighted by molar-refractivity contribution is 6.06. The number of fused-ring (bicyclic) bond motifs is 1. The van der Waals surface area contributed by atoms with Gasteiger partial charge in [0.25, 0.3) is 12.3 Å². The number of nitrogens with one attached hydrogen (secondary N) is 1. The molecule has 0 aliphatic heterocycles. The van der Waals surface area contributed by atoms with Crippen molar-refractivity contribution in [3.63, 3.8) is 0 Å². The van der Waals surface area contributed by atoms with Crippen LogP contribution in [0, 0.1) is 5.82 Å². The molecule has 0 fully saturated rings. The number of carbonyl (C=O) groups excluding carboxylic acids is 1. The highest BCUT2D eigenvalue weighted by atomic mass is 19.3. The standard InChI is InChI=1S/C21H19F3N6O/c1-12(2)30-11-25-28-20(30)16-4-3-5-19(26-16)27-21(31)14-9-17-13(8-15(14)22)6-7-29(17)10-18(23)24/h3-9,11-12,18H,10H2,1-2H3,(H,26,27,31). The largest absolute Gasteiger partial charge is 0.342 e. The van der Waals surface area contributed by atoms with Crippen LogP contribution in [-0.4, -0.2) is 36.6 Å². The zero-order valence-corrected chi connectivity index (χ0v) is 16.8. The summed E-state index contributed by atoms with van der Waals surface area (Å²) in [7, 11) is 0. The van der Waals surface area contributed by atoms with E-state index in [0.29, 0.717) is 22.4 Å². The highest BCUT2D eigenvalue weighted by Crippen LogP contribution is 2.23. The number of aromatic nitrogens is 5. The third kappa shape index (κ3) is 4.14. The van der Waals surface area contributed by atoms with E-state index in [0.717, 1.165) is 6.07 Å². The molecule has 160 valence electrons. The summed E-state index contributed by atoms with van der Waals surface area (Å²) in [5.41, 5.74) is 0.573. The zero-order valence-electron chi connectivity index (χ0n) is 16.8. The van der Waals surface area contributed by atoms with Gasteiger partial charge in [0.05, 0.1) is 12.1 Å². The Bertz CT molecular complexity index is 1250. The Kier molecular flexibility index (Phi) is 5.45. The van der Waals surface area contributed by atoms with Gasteiger partial charge in [-0.25, -0.2) is 18.2 Å². The molecule has 4 rings (SSSR count). The van der Waals surface area contributed by atoms with Crippen molar-refractivity contribution in [1.82, 2.24) is 24.3 Å². The van der Waals surface area contributed by atoms with Crippen molar-refractivity contribution in [3.05, 3.63) is 60.3 Å². The Morgan fingerprint density at radius 1 is 1.19 bits per heavy atom. The van der Waals surface area contributed by atoms with Gasteiger partial charge in [-0.1, -0.05) is 6.07 Å². The van der Waals surface area contributed by atoms with Crippen molar-refractivity contribution in [2.45, 2.75) is 32.9 Å². The molecule has 31 heavy (non-hydrogen) atoms. The molecule has 0 aliphatic carbocycles. The number of nitrogens with zero attached hydrogens (tertiary/aromatic N) is 5. The minimum Gasteiger partial charge on any atom is -0.342 e. The van der Waals surface area contributed by atoms with E-state index in [2.05, 4.69) is 20.5 Å². The molecule has 3 heterocycles. The third-order valence-electron chi connectivity index (χ3n) is 4.79. The fourth-order valence-electron chi connectivity index (χ4n) is 3.31. The van der Waals surface area contributed by atoms with Crippen molar-refractivity contribution in [2.24, 2.45) is 0 Å². The molecule has 10 heteroatoms. The lowest BCUT2D eigenvalue weighted by atomic mass is 10.1. The van der Waals surface area contributed by atoms with E-state index >= 15 is 0 Å². The number of benzene rings is 1. The van der Waals surface area contributed by atoms with Crippen LogP contribution >= 0.6 is 0 Å². The number of hydrogen-bond donors (Lipinski definition) is 1. The van der Waals surface area contributed by atoms with Crippen LogP contribution in [0.1, 0.15) is 30.2 Å². The van der Waals surface area contributed by atoms with E-state index in [4.69, 9.17) is 0 Å². The monoisotopic (exact) mass is 428 g/mol. The number of amides is 1. The van der Waals surface area contributed by atoms with Gasteiger partial charge in [0.1, 0.15) is 23.7 Å². The van der Waals surface area contributed by atoms with Gasteiger partial charge in [0.15, 0.2) is 5.82 Å². The molecule has 1 aromatic carbocycles. The van der Waals surface area contributed by atoms with E-state index in [1.807, 2.05) is 18.4 Å². The van der Waals surface area contributed by atoms with Gasteiger partial charge in [-0.2, -0.15) is 0 Å². The number of anilines is 1. The SMILES string of the molecule is CC(C)n1cnnc1-c1cccc(NC(=O)c2cc3c(ccn3CC(F)F)cc2F)n1. The van der Waals surface area contributed by atoms with Crippen molar-refractivity contribution in [2.75, 3.05) is 5.32 Å². The number of carbonyl (C=O) groups is 1. The number of hydrogen-bond acceptors (Lipinski definition) is 4. The molecule has 0 atom stereocenters. The molecule has 3 aromatic heterocycles. The smallest absolute Gasteiger partial charge is 0.259 e. The van der Waals surface area contributed by atoms with Crippen LogP contribution in [0.4, 0.5) is 19.0 Å². The predicted molar refractivity (Wildman–Crippen MR) is 109 cm³/mol. The molecule has 0 aliphatic rings. The molecule has 0 saturated carbocycles. The minimum absolute atomic E-state index is 0.107. The molecular weight excluding hydrogens is 409 g/mol. The van der Waals surface area contributed by atoms with Crippen LogP contribution in [0.2, 0.25) is 0 Å². The fourth-order valence-corrected chi connectivity index (χ4v) is 3.31. The van der Waals surface area contributed by atoms with Gasteiger partial charge in [-0.15, -0.1) is 10.2 Å². The second-order valence-corrected chi connectivity index (χ2v) is 7.27. The number of halogens is 3. The Labute approximate surface area is 175 Å². The number of pyridine rings is 1. The van der Waals surface area contributed by atoms with Crippen LogP contribution < -0.4 is 5.32 Å². The molecule has 1 N–H and O–H groups in total. The van der Waals surface area contributed by atoms with Crippen LogP contribution in [0.15, 0.2) is 48.9 Å². The van der Waals surface area contributed by atoms with Crippen LogP contribution in [0.25, 0.3) is 22.4 Å². The minimum atomic E-state index is -2.57. The highest BCUT2D eigenvalue weighted by Gasteiger charge is 2.18. The summed E-state index contributed by atoms with van der Waals surface area (Å²) in [6.07, 6.45) is 0.456. The van der Waals surface area contributed by atoms with E-state index in [1.54, 1.807) is 24.5 Å². The van der Waals surface area contributed by atoms with Gasteiger partial charge < -0.3 is 14.5 Å². The molecule has 0 bridgehead atoms. The van der Waals surface area contributed by atoms with E-state index in [9.17, 15) is 18.0 Å². The fraction of sp³-hybridized carbons (Fsp3) is 0.238. The summed E-state index contributed by atoms with van der Waals surface area (Å²) in [5, 5.41) is 11.0. The van der Waals surface area contributed by atoms with Crippen molar-refractivity contribution in [1.29, 1.82) is 0 Å². The third-order valence-corrected chi connectivity index (χ3v) is 4.79. The molecular formula is C21H19F3N6O. The van der Waals surface area contributed by atoms with Gasteiger partial charge in [0.2, 0.25) is 0 Å². The zero-order chi connectivity index (χ0) is 22.1. The number of rotatable bonds is 6. The summed E-state index contributed by atoms with van der Waals surface area (Å²) in [4.78, 5) is 17.1. The van der Waals surface area contributed by atoms with Gasteiger partial charge in [0, 0.05) is 23.1 Å². The maximum Gasteiger partial charge on any atom is 0.259 e. The van der Waals surface area contributed by atoms with Gasteiger partial charge >= 0.3 is 0 Å². The van der Waals surface area contributed by atoms with E-state index in [1.165, 1.54) is 22.9 Å². The summed E-state index contributed by atoms with van der Waals surface area (Å²) in [6.45, 7) is 3.40. The van der Waals surface area contributed by atoms with E-state index < -0.39 is 24.7 Å². The Morgan fingerprint density at radius 3 is 2.74 bits per heavy atom. The summed E-state index contributed by atoms with van der Waals surface area (Å²) in [5.74, 6) is -0.763. The quantitative estimate of drug-likeness (QED) is 0.489. The van der Waals surface area contributed by atoms with Crippen LogP contribution in [0.5, 0.6) is 0 Å². The molecule has 0 unspecified atom stereocenters. The molecule has 7 nitrogen and oxygen atoms in total. The number of alkyl halides is 2. The second kappa shape index (κ2) is 8.21. The maximum absolute atomic E-state index is 14.5. The molecule has 4 aromatic rings. The first-order chi connectivity index (χ1) is 14.8.